The van der Waals surface area contributed by atoms with Crippen molar-refractivity contribution in [2.24, 2.45) is 0 Å². The monoisotopic (exact) mass is 443 g/mol. The van der Waals surface area contributed by atoms with E-state index in [9.17, 15) is 0 Å². The van der Waals surface area contributed by atoms with E-state index in [1.54, 1.807) is 14.2 Å². The van der Waals surface area contributed by atoms with Crippen LogP contribution in [0.25, 0.3) is 0 Å². The summed E-state index contributed by atoms with van der Waals surface area (Å²) in [6, 6.07) is 0. The maximum absolute atomic E-state index is 5.06. The van der Waals surface area contributed by atoms with Gasteiger partial charge in [0.1, 0.15) is 0 Å². The SMILES string of the molecule is CO[I-]I(I)OC. The molecule has 0 amide bonds. The zero-order valence-electron chi connectivity index (χ0n) is 3.95. The van der Waals surface area contributed by atoms with Gasteiger partial charge in [0.2, 0.25) is 0 Å². The molecule has 0 fully saturated rings. The summed E-state index contributed by atoms with van der Waals surface area (Å²) in [5, 5.41) is 0. The topological polar surface area (TPSA) is 18.5 Å². The van der Waals surface area contributed by atoms with Crippen molar-refractivity contribution >= 4 is 30.9 Å². The first-order chi connectivity index (χ1) is 3.31. The molecule has 0 unspecified atom stereocenters. The van der Waals surface area contributed by atoms with Crippen molar-refractivity contribution < 1.29 is 23.8 Å². The third kappa shape index (κ3) is 5.99. The molecule has 0 aliphatic carbocycles. The second kappa shape index (κ2) is 6.23. The summed E-state index contributed by atoms with van der Waals surface area (Å²) in [5.41, 5.74) is 0. The summed E-state index contributed by atoms with van der Waals surface area (Å²) >= 11 is 1.38. The van der Waals surface area contributed by atoms with Crippen LogP contribution in [0.3, 0.4) is 0 Å². The van der Waals surface area contributed by atoms with Gasteiger partial charge in [0.25, 0.3) is 0 Å². The van der Waals surface area contributed by atoms with Crippen LogP contribution in [-0.2, 0) is 6.13 Å². The molecule has 0 aromatic heterocycles. The van der Waals surface area contributed by atoms with E-state index in [0.29, 0.717) is 0 Å². The van der Waals surface area contributed by atoms with E-state index in [-0.39, 0.29) is 17.6 Å². The van der Waals surface area contributed by atoms with Crippen LogP contribution < -0.4 is 17.6 Å². The maximum atomic E-state index is 5.06. The van der Waals surface area contributed by atoms with Gasteiger partial charge in [-0.3, -0.25) is 0 Å². The Bertz CT molecular complexity index is 41.9. The van der Waals surface area contributed by atoms with Crippen molar-refractivity contribution in [3.05, 3.63) is 0 Å². The molecule has 0 spiro atoms. The van der Waals surface area contributed by atoms with Gasteiger partial charge in [-0.05, 0) is 0 Å². The quantitative estimate of drug-likeness (QED) is 0.521. The zero-order chi connectivity index (χ0) is 5.70. The Kier molecular flexibility index (Phi) is 8.11. The predicted octanol–water partition coefficient (Wildman–Crippen LogP) is -1.03. The van der Waals surface area contributed by atoms with Gasteiger partial charge < -0.3 is 0 Å². The molecule has 5 heteroatoms. The molecule has 0 aromatic carbocycles. The first kappa shape index (κ1) is 9.11. The molecule has 0 aliphatic heterocycles. The summed E-state index contributed by atoms with van der Waals surface area (Å²) in [7, 11) is 3.51. The molecule has 0 N–H and O–H groups in total. The molecule has 0 heterocycles. The Hall–Kier alpha value is 2.11. The minimum atomic E-state index is -0.968. The first-order valence-electron chi connectivity index (χ1n) is 1.41. The third-order valence-electron chi connectivity index (χ3n) is 0.221. The molecule has 0 radical (unpaired) electrons. The Morgan fingerprint density at radius 2 is 2.14 bits per heavy atom. The van der Waals surface area contributed by atoms with Gasteiger partial charge in [0.15, 0.2) is 0 Å². The van der Waals surface area contributed by atoms with Crippen molar-refractivity contribution in [2.75, 3.05) is 14.2 Å². The molecule has 0 aliphatic rings. The molecule has 0 saturated heterocycles. The van der Waals surface area contributed by atoms with Gasteiger partial charge in [0, 0.05) is 0 Å². The first-order valence-corrected chi connectivity index (χ1v) is 15.7. The van der Waals surface area contributed by atoms with Crippen LogP contribution in [0.1, 0.15) is 0 Å². The molecular weight excluding hydrogens is 437 g/mol. The molecule has 0 bridgehead atoms. The summed E-state index contributed by atoms with van der Waals surface area (Å²) in [5.74, 6) is 0. The zero-order valence-corrected chi connectivity index (χ0v) is 10.4. The molecular formula is C2H6I3O2-. The van der Waals surface area contributed by atoms with Gasteiger partial charge in [-0.25, -0.2) is 0 Å². The van der Waals surface area contributed by atoms with Crippen LogP contribution in [0, 0.1) is 0 Å². The van der Waals surface area contributed by atoms with Gasteiger partial charge in [0.05, 0.1) is 0 Å². The second-order valence-electron chi connectivity index (χ2n) is 0.538. The molecule has 0 saturated carbocycles. The van der Waals surface area contributed by atoms with E-state index in [1.165, 1.54) is 0 Å². The van der Waals surface area contributed by atoms with Crippen LogP contribution in [0.15, 0.2) is 0 Å². The molecule has 0 atom stereocenters. The molecule has 48 valence electrons. The number of hydrogen-bond acceptors (Lipinski definition) is 2. The molecule has 0 aromatic rings. The van der Waals surface area contributed by atoms with Crippen LogP contribution in [0.5, 0.6) is 0 Å². The molecule has 7 heavy (non-hydrogen) atoms. The van der Waals surface area contributed by atoms with Crippen LogP contribution in [0.2, 0.25) is 0 Å². The Morgan fingerprint density at radius 3 is 2.29 bits per heavy atom. The van der Waals surface area contributed by atoms with Crippen molar-refractivity contribution in [1.82, 2.24) is 0 Å². The average Bonchev–Trinajstić information content (AvgIpc) is 1.68. The van der Waals surface area contributed by atoms with Gasteiger partial charge in [-0.1, -0.05) is 0 Å². The van der Waals surface area contributed by atoms with Crippen molar-refractivity contribution in [3.8, 4) is 0 Å². The summed E-state index contributed by atoms with van der Waals surface area (Å²) in [6.45, 7) is 0. The normalized spacial score (nSPS) is 12.1. The Balaban J connectivity index is 2.83. The van der Waals surface area contributed by atoms with E-state index in [4.69, 9.17) is 6.13 Å². The van der Waals surface area contributed by atoms with E-state index >= 15 is 0 Å². The third-order valence-corrected chi connectivity index (χ3v) is 15.6. The standard InChI is InChI=1S/C2H6I3O2/c1-6-4-5(3)7-2/h1-2H3/q-1. The number of rotatable bonds is 3. The predicted molar refractivity (Wildman–Crippen MR) is 42.1 cm³/mol. The number of halogens is 3. The van der Waals surface area contributed by atoms with Crippen LogP contribution in [0.4, 0.5) is 0 Å². The van der Waals surface area contributed by atoms with Gasteiger partial charge in [-0.2, -0.15) is 0 Å². The van der Waals surface area contributed by atoms with Crippen LogP contribution in [-0.4, -0.2) is 14.2 Å². The number of hydrogen-bond donors (Lipinski definition) is 0. The fraction of sp³-hybridized carbons (Fsp3) is 1.00. The van der Waals surface area contributed by atoms with E-state index in [1.807, 2.05) is 0 Å². The van der Waals surface area contributed by atoms with E-state index in [0.717, 1.165) is 0 Å². The van der Waals surface area contributed by atoms with E-state index < -0.39 is 12.3 Å². The summed E-state index contributed by atoms with van der Waals surface area (Å²) in [6.07, 6.45) is 0. The average molecular weight is 443 g/mol. The van der Waals surface area contributed by atoms with Crippen molar-refractivity contribution in [2.45, 2.75) is 0 Å². The fourth-order valence-corrected chi connectivity index (χ4v) is 8.80. The molecule has 0 rings (SSSR count). The fourth-order valence-electron chi connectivity index (χ4n) is 0.0697. The van der Waals surface area contributed by atoms with Crippen molar-refractivity contribution in [1.29, 1.82) is 0 Å². The molecule has 2 nitrogen and oxygen atoms in total. The minimum absolute atomic E-state index is 0.0137. The Labute approximate surface area is 67.7 Å². The van der Waals surface area contributed by atoms with E-state index in [2.05, 4.69) is 18.6 Å². The van der Waals surface area contributed by atoms with Crippen LogP contribution >= 0.6 is 30.9 Å². The van der Waals surface area contributed by atoms with Crippen molar-refractivity contribution in [3.63, 3.8) is 0 Å². The second-order valence-corrected chi connectivity index (χ2v) is 26.2. The summed E-state index contributed by atoms with van der Waals surface area (Å²) < 4.78 is 10.00. The van der Waals surface area contributed by atoms with Gasteiger partial charge >= 0.3 is 68.9 Å². The Morgan fingerprint density at radius 1 is 1.57 bits per heavy atom. The summed E-state index contributed by atoms with van der Waals surface area (Å²) in [4.78, 5) is 0. The van der Waals surface area contributed by atoms with Gasteiger partial charge in [-0.15, -0.1) is 0 Å².